The minimum absolute atomic E-state index is 0.176. The number of likely N-dealkylation sites (N-methyl/N-ethyl adjacent to an activating group) is 1. The summed E-state index contributed by atoms with van der Waals surface area (Å²) in [7, 11) is 0. The van der Waals surface area contributed by atoms with Gasteiger partial charge in [-0.05, 0) is 19.8 Å². The molecule has 4 heteroatoms. The SMILES string of the molecule is CCN1C(=O)C(CC)(CC)c2cncnc21. The molecule has 0 atom stereocenters. The summed E-state index contributed by atoms with van der Waals surface area (Å²) in [5.74, 6) is 0.974. The van der Waals surface area contributed by atoms with Gasteiger partial charge < -0.3 is 0 Å². The monoisotopic (exact) mass is 219 g/mol. The van der Waals surface area contributed by atoms with Crippen LogP contribution in [0.25, 0.3) is 0 Å². The molecule has 0 saturated carbocycles. The maximum absolute atomic E-state index is 12.4. The summed E-state index contributed by atoms with van der Waals surface area (Å²) in [5, 5.41) is 0. The van der Waals surface area contributed by atoms with Crippen LogP contribution in [0.1, 0.15) is 39.2 Å². The van der Waals surface area contributed by atoms with E-state index in [0.717, 1.165) is 24.2 Å². The van der Waals surface area contributed by atoms with Gasteiger partial charge in [0.2, 0.25) is 5.91 Å². The molecule has 1 aromatic heterocycles. The Hall–Kier alpha value is -1.45. The van der Waals surface area contributed by atoms with Crippen LogP contribution in [0, 0.1) is 0 Å². The van der Waals surface area contributed by atoms with Crippen LogP contribution in [0.3, 0.4) is 0 Å². The molecule has 0 aliphatic carbocycles. The second-order valence-electron chi connectivity index (χ2n) is 4.10. The first-order valence-electron chi connectivity index (χ1n) is 5.83. The number of carbonyl (C=O) groups excluding carboxylic acids is 1. The summed E-state index contributed by atoms with van der Waals surface area (Å²) in [4.78, 5) is 22.5. The van der Waals surface area contributed by atoms with E-state index in [1.807, 2.05) is 6.92 Å². The third-order valence-corrected chi connectivity index (χ3v) is 3.64. The lowest BCUT2D eigenvalue weighted by Crippen LogP contribution is -2.39. The first-order chi connectivity index (χ1) is 7.71. The molecule has 4 nitrogen and oxygen atoms in total. The van der Waals surface area contributed by atoms with Crippen molar-refractivity contribution in [3.05, 3.63) is 18.1 Å². The molecule has 0 unspecified atom stereocenters. The van der Waals surface area contributed by atoms with Crippen LogP contribution in [0.5, 0.6) is 0 Å². The average molecular weight is 219 g/mol. The molecule has 86 valence electrons. The molecular formula is C12H17N3O. The fourth-order valence-corrected chi connectivity index (χ4v) is 2.57. The average Bonchev–Trinajstić information content (AvgIpc) is 2.58. The van der Waals surface area contributed by atoms with Gasteiger partial charge in [0, 0.05) is 18.3 Å². The quantitative estimate of drug-likeness (QED) is 0.780. The Labute approximate surface area is 95.7 Å². The van der Waals surface area contributed by atoms with Crippen LogP contribution in [0.4, 0.5) is 5.82 Å². The molecule has 0 N–H and O–H groups in total. The molecule has 2 heterocycles. The molecule has 2 rings (SSSR count). The van der Waals surface area contributed by atoms with Gasteiger partial charge in [-0.1, -0.05) is 13.8 Å². The molecule has 16 heavy (non-hydrogen) atoms. The third kappa shape index (κ3) is 1.19. The fraction of sp³-hybridized carbons (Fsp3) is 0.583. The van der Waals surface area contributed by atoms with Crippen LogP contribution in [-0.4, -0.2) is 22.4 Å². The Morgan fingerprint density at radius 2 is 2.00 bits per heavy atom. The highest BCUT2D eigenvalue weighted by Gasteiger charge is 2.48. The van der Waals surface area contributed by atoms with Crippen molar-refractivity contribution in [1.29, 1.82) is 0 Å². The second-order valence-corrected chi connectivity index (χ2v) is 4.10. The van der Waals surface area contributed by atoms with Crippen LogP contribution in [-0.2, 0) is 10.2 Å². The van der Waals surface area contributed by atoms with Crippen molar-refractivity contribution in [2.75, 3.05) is 11.4 Å². The first kappa shape index (κ1) is 11.0. The van der Waals surface area contributed by atoms with Gasteiger partial charge in [-0.25, -0.2) is 9.97 Å². The lowest BCUT2D eigenvalue weighted by Gasteiger charge is -2.24. The molecular weight excluding hydrogens is 202 g/mol. The molecule has 1 amide bonds. The van der Waals surface area contributed by atoms with E-state index in [1.54, 1.807) is 11.1 Å². The van der Waals surface area contributed by atoms with Crippen molar-refractivity contribution in [2.24, 2.45) is 0 Å². The zero-order chi connectivity index (χ0) is 11.8. The smallest absolute Gasteiger partial charge is 0.238 e. The number of anilines is 1. The largest absolute Gasteiger partial charge is 0.296 e. The van der Waals surface area contributed by atoms with E-state index in [-0.39, 0.29) is 5.91 Å². The molecule has 0 bridgehead atoms. The molecule has 0 aromatic carbocycles. The maximum Gasteiger partial charge on any atom is 0.238 e. The van der Waals surface area contributed by atoms with Crippen molar-refractivity contribution in [3.63, 3.8) is 0 Å². The van der Waals surface area contributed by atoms with E-state index in [9.17, 15) is 4.79 Å². The highest BCUT2D eigenvalue weighted by atomic mass is 16.2. The summed E-state index contributed by atoms with van der Waals surface area (Å²) in [6.07, 6.45) is 4.91. The Morgan fingerprint density at radius 3 is 2.56 bits per heavy atom. The van der Waals surface area contributed by atoms with E-state index in [1.165, 1.54) is 6.33 Å². The van der Waals surface area contributed by atoms with Gasteiger partial charge in [-0.2, -0.15) is 0 Å². The molecule has 0 fully saturated rings. The highest BCUT2D eigenvalue weighted by molar-refractivity contribution is 6.06. The van der Waals surface area contributed by atoms with Crippen molar-refractivity contribution in [1.82, 2.24) is 9.97 Å². The number of rotatable bonds is 3. The van der Waals surface area contributed by atoms with Gasteiger partial charge in [0.1, 0.15) is 12.1 Å². The number of amides is 1. The normalized spacial score (nSPS) is 17.7. The molecule has 1 aliphatic rings. The van der Waals surface area contributed by atoms with Crippen molar-refractivity contribution >= 4 is 11.7 Å². The Morgan fingerprint density at radius 1 is 1.31 bits per heavy atom. The zero-order valence-electron chi connectivity index (χ0n) is 10.0. The Bertz CT molecular complexity index is 412. The van der Waals surface area contributed by atoms with Crippen LogP contribution >= 0.6 is 0 Å². The van der Waals surface area contributed by atoms with Crippen LogP contribution < -0.4 is 4.90 Å². The summed E-state index contributed by atoms with van der Waals surface area (Å²) in [6.45, 7) is 6.75. The maximum atomic E-state index is 12.4. The van der Waals surface area contributed by atoms with Gasteiger partial charge >= 0.3 is 0 Å². The second kappa shape index (κ2) is 3.85. The fourth-order valence-electron chi connectivity index (χ4n) is 2.57. The number of carbonyl (C=O) groups is 1. The number of hydrogen-bond donors (Lipinski definition) is 0. The van der Waals surface area contributed by atoms with E-state index in [2.05, 4.69) is 23.8 Å². The van der Waals surface area contributed by atoms with E-state index in [0.29, 0.717) is 6.54 Å². The number of hydrogen-bond acceptors (Lipinski definition) is 3. The predicted molar refractivity (Wildman–Crippen MR) is 62.3 cm³/mol. The third-order valence-electron chi connectivity index (χ3n) is 3.64. The molecule has 1 aromatic rings. The summed E-state index contributed by atoms with van der Waals surface area (Å²) in [6, 6.07) is 0. The minimum atomic E-state index is -0.396. The molecule has 0 radical (unpaired) electrons. The number of fused-ring (bicyclic) bond motifs is 1. The van der Waals surface area contributed by atoms with Crippen molar-refractivity contribution in [3.8, 4) is 0 Å². The van der Waals surface area contributed by atoms with Gasteiger partial charge in [-0.3, -0.25) is 9.69 Å². The number of nitrogens with zero attached hydrogens (tertiary/aromatic N) is 3. The van der Waals surface area contributed by atoms with Gasteiger partial charge in [0.15, 0.2) is 0 Å². The van der Waals surface area contributed by atoms with Gasteiger partial charge in [0.25, 0.3) is 0 Å². The van der Waals surface area contributed by atoms with Crippen molar-refractivity contribution in [2.45, 2.75) is 39.0 Å². The van der Waals surface area contributed by atoms with E-state index >= 15 is 0 Å². The Balaban J connectivity index is 2.63. The van der Waals surface area contributed by atoms with E-state index in [4.69, 9.17) is 0 Å². The summed E-state index contributed by atoms with van der Waals surface area (Å²) in [5.41, 5.74) is 0.596. The molecule has 0 saturated heterocycles. The topological polar surface area (TPSA) is 46.1 Å². The highest BCUT2D eigenvalue weighted by Crippen LogP contribution is 2.44. The van der Waals surface area contributed by atoms with E-state index < -0.39 is 5.41 Å². The summed E-state index contributed by atoms with van der Waals surface area (Å²) >= 11 is 0. The summed E-state index contributed by atoms with van der Waals surface area (Å²) < 4.78 is 0. The van der Waals surface area contributed by atoms with Crippen LogP contribution in [0.2, 0.25) is 0 Å². The lowest BCUT2D eigenvalue weighted by molar-refractivity contribution is -0.123. The predicted octanol–water partition coefficient (Wildman–Crippen LogP) is 1.90. The van der Waals surface area contributed by atoms with Crippen molar-refractivity contribution < 1.29 is 4.79 Å². The Kier molecular flexibility index (Phi) is 2.66. The standard InChI is InChI=1S/C12H17N3O/c1-4-12(5-2)9-7-13-8-14-10(9)15(6-3)11(12)16/h7-8H,4-6H2,1-3H3. The van der Waals surface area contributed by atoms with Crippen LogP contribution in [0.15, 0.2) is 12.5 Å². The molecule has 0 spiro atoms. The number of aromatic nitrogens is 2. The van der Waals surface area contributed by atoms with Gasteiger partial charge in [-0.15, -0.1) is 0 Å². The van der Waals surface area contributed by atoms with Gasteiger partial charge in [0.05, 0.1) is 5.41 Å². The zero-order valence-corrected chi connectivity index (χ0v) is 10.0. The minimum Gasteiger partial charge on any atom is -0.296 e. The molecule has 1 aliphatic heterocycles. The first-order valence-corrected chi connectivity index (χ1v) is 5.83. The lowest BCUT2D eigenvalue weighted by atomic mass is 9.78.